The smallest absolute Gasteiger partial charge is 0.262 e. The summed E-state index contributed by atoms with van der Waals surface area (Å²) in [5.41, 5.74) is 3.19. The predicted molar refractivity (Wildman–Crippen MR) is 99.1 cm³/mol. The Morgan fingerprint density at radius 2 is 2.11 bits per heavy atom. The Morgan fingerprint density at radius 3 is 2.89 bits per heavy atom. The van der Waals surface area contributed by atoms with Gasteiger partial charge in [0.2, 0.25) is 0 Å². The monoisotopic (exact) mass is 366 g/mol. The molecule has 0 saturated carbocycles. The highest BCUT2D eigenvalue weighted by atomic mass is 16.5. The lowest BCUT2D eigenvalue weighted by atomic mass is 10.0. The van der Waals surface area contributed by atoms with Gasteiger partial charge < -0.3 is 19.9 Å². The zero-order valence-electron chi connectivity index (χ0n) is 15.1. The molecule has 0 radical (unpaired) electrons. The van der Waals surface area contributed by atoms with Crippen LogP contribution >= 0.6 is 0 Å². The van der Waals surface area contributed by atoms with E-state index in [4.69, 9.17) is 9.26 Å². The van der Waals surface area contributed by atoms with Gasteiger partial charge in [-0.1, -0.05) is 19.0 Å². The van der Waals surface area contributed by atoms with E-state index < -0.39 is 0 Å². The Balaban J connectivity index is 1.70. The minimum atomic E-state index is -0.307. The van der Waals surface area contributed by atoms with E-state index in [1.807, 2.05) is 13.8 Å². The summed E-state index contributed by atoms with van der Waals surface area (Å²) in [5, 5.41) is 10.1. The molecular formula is C19H18N4O4. The van der Waals surface area contributed by atoms with Crippen LogP contribution in [0.1, 0.15) is 41.5 Å². The molecule has 0 fully saturated rings. The van der Waals surface area contributed by atoms with E-state index in [1.54, 1.807) is 31.2 Å². The number of aromatic nitrogens is 2. The maximum Gasteiger partial charge on any atom is 0.262 e. The van der Waals surface area contributed by atoms with Crippen LogP contribution in [-0.2, 0) is 4.79 Å². The van der Waals surface area contributed by atoms with E-state index in [0.29, 0.717) is 39.5 Å². The quantitative estimate of drug-likeness (QED) is 0.737. The predicted octanol–water partition coefficient (Wildman–Crippen LogP) is 3.24. The Labute approximate surface area is 154 Å². The van der Waals surface area contributed by atoms with Crippen LogP contribution in [0, 0.1) is 6.92 Å². The summed E-state index contributed by atoms with van der Waals surface area (Å²) in [6, 6.07) is 6.84. The van der Waals surface area contributed by atoms with Crippen LogP contribution in [0.4, 0.5) is 11.4 Å². The van der Waals surface area contributed by atoms with E-state index in [0.717, 1.165) is 5.69 Å². The van der Waals surface area contributed by atoms with Gasteiger partial charge in [-0.3, -0.25) is 9.59 Å². The molecule has 27 heavy (non-hydrogen) atoms. The molecular weight excluding hydrogens is 348 g/mol. The van der Waals surface area contributed by atoms with E-state index in [1.165, 1.54) is 0 Å². The number of anilines is 2. The second kappa shape index (κ2) is 6.39. The number of rotatable bonds is 3. The van der Waals surface area contributed by atoms with Crippen LogP contribution < -0.4 is 15.4 Å². The molecule has 8 nitrogen and oxygen atoms in total. The number of benzene rings is 1. The highest BCUT2D eigenvalue weighted by Gasteiger charge is 2.21. The van der Waals surface area contributed by atoms with E-state index in [2.05, 4.69) is 20.8 Å². The molecule has 1 aliphatic rings. The summed E-state index contributed by atoms with van der Waals surface area (Å²) in [6.45, 7) is 5.74. The summed E-state index contributed by atoms with van der Waals surface area (Å²) >= 11 is 0. The van der Waals surface area contributed by atoms with Crippen molar-refractivity contribution >= 4 is 34.3 Å². The van der Waals surface area contributed by atoms with Gasteiger partial charge in [-0.05, 0) is 37.1 Å². The number of fused-ring (bicyclic) bond motifs is 2. The highest BCUT2D eigenvalue weighted by molar-refractivity contribution is 6.12. The molecule has 138 valence electrons. The van der Waals surface area contributed by atoms with Crippen LogP contribution in [0.5, 0.6) is 5.75 Å². The van der Waals surface area contributed by atoms with Gasteiger partial charge in [-0.25, -0.2) is 4.98 Å². The van der Waals surface area contributed by atoms with Crippen LogP contribution in [-0.4, -0.2) is 28.6 Å². The van der Waals surface area contributed by atoms with Gasteiger partial charge in [0.25, 0.3) is 17.5 Å². The molecule has 0 unspecified atom stereocenters. The maximum atomic E-state index is 13.0. The number of ether oxygens (including phenoxy) is 1. The molecule has 3 aromatic rings. The first-order chi connectivity index (χ1) is 12.9. The first-order valence-electron chi connectivity index (χ1n) is 8.57. The van der Waals surface area contributed by atoms with Gasteiger partial charge in [0.1, 0.15) is 5.75 Å². The average Bonchev–Trinajstić information content (AvgIpc) is 3.01. The largest absolute Gasteiger partial charge is 0.482 e. The molecule has 1 aromatic carbocycles. The standard InChI is InChI=1S/C19H18N4O4/c1-9(2)13-7-12(17-10(3)23-27-19(17)22-13)18(25)20-11-4-5-15-14(6-11)21-16(24)8-26-15/h4-7,9H,8H2,1-3H3,(H,20,25)(H,21,24). The van der Waals surface area contributed by atoms with Crippen molar-refractivity contribution in [1.29, 1.82) is 0 Å². The molecule has 2 aromatic heterocycles. The Kier molecular flexibility index (Phi) is 4.02. The molecule has 0 spiro atoms. The fourth-order valence-corrected chi connectivity index (χ4v) is 2.95. The zero-order valence-corrected chi connectivity index (χ0v) is 15.1. The van der Waals surface area contributed by atoms with Gasteiger partial charge in [-0.2, -0.15) is 0 Å². The fourth-order valence-electron chi connectivity index (χ4n) is 2.95. The minimum Gasteiger partial charge on any atom is -0.482 e. The number of aryl methyl sites for hydroxylation is 1. The van der Waals surface area contributed by atoms with Gasteiger partial charge in [-0.15, -0.1) is 0 Å². The number of nitrogens with one attached hydrogen (secondary N) is 2. The minimum absolute atomic E-state index is 0.0154. The summed E-state index contributed by atoms with van der Waals surface area (Å²) in [7, 11) is 0. The Morgan fingerprint density at radius 1 is 1.30 bits per heavy atom. The topological polar surface area (TPSA) is 106 Å². The maximum absolute atomic E-state index is 13.0. The van der Waals surface area contributed by atoms with E-state index >= 15 is 0 Å². The molecule has 2 amide bonds. The molecule has 3 heterocycles. The lowest BCUT2D eigenvalue weighted by Crippen LogP contribution is -2.25. The fraction of sp³-hybridized carbons (Fsp3) is 0.263. The number of pyridine rings is 1. The normalized spacial score (nSPS) is 13.3. The number of nitrogens with zero attached hydrogens (tertiary/aromatic N) is 2. The SMILES string of the molecule is Cc1noc2nc(C(C)C)cc(C(=O)Nc3ccc4c(c3)NC(=O)CO4)c12. The summed E-state index contributed by atoms with van der Waals surface area (Å²) in [6.07, 6.45) is 0. The average molecular weight is 366 g/mol. The lowest BCUT2D eigenvalue weighted by Gasteiger charge is -2.18. The van der Waals surface area contributed by atoms with Gasteiger partial charge in [0.15, 0.2) is 6.61 Å². The van der Waals surface area contributed by atoms with Gasteiger partial charge >= 0.3 is 0 Å². The number of hydrogen-bond acceptors (Lipinski definition) is 6. The van der Waals surface area contributed by atoms with Crippen molar-refractivity contribution in [1.82, 2.24) is 10.1 Å². The Bertz CT molecular complexity index is 1070. The first-order valence-corrected chi connectivity index (χ1v) is 8.57. The molecule has 8 heteroatoms. The van der Waals surface area contributed by atoms with Crippen LogP contribution in [0.3, 0.4) is 0 Å². The van der Waals surface area contributed by atoms with Gasteiger partial charge in [0.05, 0.1) is 22.3 Å². The molecule has 0 aliphatic carbocycles. The number of carbonyl (C=O) groups excluding carboxylic acids is 2. The van der Waals surface area contributed by atoms with Crippen LogP contribution in [0.15, 0.2) is 28.8 Å². The molecule has 0 atom stereocenters. The van der Waals surface area contributed by atoms with Crippen molar-refractivity contribution in [2.24, 2.45) is 0 Å². The summed E-state index contributed by atoms with van der Waals surface area (Å²) < 4.78 is 10.6. The van der Waals surface area contributed by atoms with Crippen molar-refractivity contribution in [2.45, 2.75) is 26.7 Å². The zero-order chi connectivity index (χ0) is 19.1. The van der Waals surface area contributed by atoms with Crippen LogP contribution in [0.2, 0.25) is 0 Å². The molecule has 1 aliphatic heterocycles. The second-order valence-corrected chi connectivity index (χ2v) is 6.70. The van der Waals surface area contributed by atoms with Gasteiger partial charge in [0, 0.05) is 11.4 Å². The number of hydrogen-bond donors (Lipinski definition) is 2. The van der Waals surface area contributed by atoms with Crippen molar-refractivity contribution in [3.63, 3.8) is 0 Å². The molecule has 0 saturated heterocycles. The Hall–Kier alpha value is -3.42. The highest BCUT2D eigenvalue weighted by Crippen LogP contribution is 2.31. The molecule has 2 N–H and O–H groups in total. The first kappa shape index (κ1) is 17.0. The van der Waals surface area contributed by atoms with Crippen LogP contribution in [0.25, 0.3) is 11.1 Å². The molecule has 0 bridgehead atoms. The van der Waals surface area contributed by atoms with E-state index in [9.17, 15) is 9.59 Å². The third-order valence-corrected chi connectivity index (χ3v) is 4.34. The third kappa shape index (κ3) is 3.10. The van der Waals surface area contributed by atoms with Crippen molar-refractivity contribution in [3.8, 4) is 5.75 Å². The second-order valence-electron chi connectivity index (χ2n) is 6.70. The molecule has 4 rings (SSSR count). The van der Waals surface area contributed by atoms with Crippen molar-refractivity contribution < 1.29 is 18.8 Å². The van der Waals surface area contributed by atoms with E-state index in [-0.39, 0.29) is 24.3 Å². The number of carbonyl (C=O) groups is 2. The van der Waals surface area contributed by atoms with Crippen molar-refractivity contribution in [2.75, 3.05) is 17.2 Å². The third-order valence-electron chi connectivity index (χ3n) is 4.34. The summed E-state index contributed by atoms with van der Waals surface area (Å²) in [5.74, 6) is 0.153. The van der Waals surface area contributed by atoms with Crippen molar-refractivity contribution in [3.05, 3.63) is 41.2 Å². The summed E-state index contributed by atoms with van der Waals surface area (Å²) in [4.78, 5) is 28.9. The number of amides is 2. The lowest BCUT2D eigenvalue weighted by molar-refractivity contribution is -0.118.